The van der Waals surface area contributed by atoms with Crippen molar-refractivity contribution in [2.75, 3.05) is 0 Å². The lowest BCUT2D eigenvalue weighted by molar-refractivity contribution is 1.16. The Morgan fingerprint density at radius 1 is 1.06 bits per heavy atom. The molecule has 17 heavy (non-hydrogen) atoms. The predicted molar refractivity (Wildman–Crippen MR) is 66.6 cm³/mol. The fourth-order valence-electron chi connectivity index (χ4n) is 1.64. The molecule has 0 amide bonds. The minimum absolute atomic E-state index is 0.197. The molecule has 1 radical (unpaired) electrons. The zero-order chi connectivity index (χ0) is 11.7. The van der Waals surface area contributed by atoms with Gasteiger partial charge in [-0.05, 0) is 23.7 Å². The third kappa shape index (κ3) is 1.97. The van der Waals surface area contributed by atoms with Crippen molar-refractivity contribution in [3.8, 4) is 11.1 Å². The van der Waals surface area contributed by atoms with Gasteiger partial charge in [-0.1, -0.05) is 18.2 Å². The number of halogens is 1. The summed E-state index contributed by atoms with van der Waals surface area (Å²) in [4.78, 5) is 12.1. The second kappa shape index (κ2) is 4.11. The van der Waals surface area contributed by atoms with E-state index < -0.39 is 0 Å². The third-order valence-corrected chi connectivity index (χ3v) is 2.65. The molecule has 3 nitrogen and oxygen atoms in total. The molecule has 0 saturated heterocycles. The summed E-state index contributed by atoms with van der Waals surface area (Å²) in [7, 11) is 0. The molecule has 0 saturated carbocycles. The number of hydrogen-bond donors (Lipinski definition) is 0. The van der Waals surface area contributed by atoms with E-state index in [9.17, 15) is 0 Å². The van der Waals surface area contributed by atoms with Crippen LogP contribution in [0.5, 0.6) is 0 Å². The lowest BCUT2D eigenvalue weighted by Crippen LogP contribution is -1.87. The maximum absolute atomic E-state index is 5.63. The highest BCUT2D eigenvalue weighted by Crippen LogP contribution is 2.21. The highest BCUT2D eigenvalue weighted by Gasteiger charge is 2.02. The van der Waals surface area contributed by atoms with Gasteiger partial charge < -0.3 is 0 Å². The van der Waals surface area contributed by atoms with Gasteiger partial charge in [-0.15, -0.1) is 0 Å². The Balaban J connectivity index is 2.14. The Morgan fingerprint density at radius 3 is 2.76 bits per heavy atom. The van der Waals surface area contributed by atoms with Crippen LogP contribution in [0, 0.1) is 6.20 Å². The minimum Gasteiger partial charge on any atom is -0.256 e. The molecule has 0 aliphatic carbocycles. The van der Waals surface area contributed by atoms with E-state index in [1.165, 1.54) is 0 Å². The van der Waals surface area contributed by atoms with Gasteiger partial charge >= 0.3 is 0 Å². The summed E-state index contributed by atoms with van der Waals surface area (Å²) in [6, 6.07) is 9.97. The third-order valence-electron chi connectivity index (χ3n) is 2.47. The van der Waals surface area contributed by atoms with Gasteiger partial charge in [0.15, 0.2) is 0 Å². The van der Waals surface area contributed by atoms with Gasteiger partial charge in [0.25, 0.3) is 0 Å². The molecule has 0 unspecified atom stereocenters. The van der Waals surface area contributed by atoms with Crippen molar-refractivity contribution in [3.63, 3.8) is 0 Å². The normalized spacial score (nSPS) is 10.6. The molecule has 81 valence electrons. The number of para-hydroxylation sites is 1. The van der Waals surface area contributed by atoms with Crippen LogP contribution in [0.4, 0.5) is 0 Å². The zero-order valence-corrected chi connectivity index (χ0v) is 9.52. The van der Waals surface area contributed by atoms with E-state index >= 15 is 0 Å². The second-order valence-corrected chi connectivity index (χ2v) is 3.92. The van der Waals surface area contributed by atoms with E-state index in [0.717, 1.165) is 22.0 Å². The van der Waals surface area contributed by atoms with Crippen LogP contribution >= 0.6 is 11.6 Å². The van der Waals surface area contributed by atoms with Gasteiger partial charge in [0.1, 0.15) is 6.20 Å². The summed E-state index contributed by atoms with van der Waals surface area (Å²) in [6.45, 7) is 0. The van der Waals surface area contributed by atoms with Gasteiger partial charge in [0.2, 0.25) is 5.28 Å². The predicted octanol–water partition coefficient (Wildman–Crippen LogP) is 3.15. The van der Waals surface area contributed by atoms with Crippen LogP contribution in [-0.2, 0) is 0 Å². The van der Waals surface area contributed by atoms with Crippen LogP contribution in [0.2, 0.25) is 5.28 Å². The van der Waals surface area contributed by atoms with E-state index in [2.05, 4.69) is 21.1 Å². The first-order chi connectivity index (χ1) is 8.33. The number of fused-ring (bicyclic) bond motifs is 1. The molecule has 1 aromatic carbocycles. The maximum atomic E-state index is 5.63. The minimum atomic E-state index is 0.197. The number of aromatic nitrogens is 3. The quantitative estimate of drug-likeness (QED) is 0.614. The Morgan fingerprint density at radius 2 is 1.94 bits per heavy atom. The first-order valence-corrected chi connectivity index (χ1v) is 5.46. The zero-order valence-electron chi connectivity index (χ0n) is 8.76. The highest BCUT2D eigenvalue weighted by atomic mass is 35.5. The number of nitrogens with zero attached hydrogens (tertiary/aromatic N) is 3. The fraction of sp³-hybridized carbons (Fsp3) is 0. The fourth-order valence-corrected chi connectivity index (χ4v) is 1.73. The lowest BCUT2D eigenvalue weighted by atomic mass is 10.1. The van der Waals surface area contributed by atoms with Gasteiger partial charge in [-0.2, -0.15) is 0 Å². The Labute approximate surface area is 103 Å². The van der Waals surface area contributed by atoms with Crippen LogP contribution in [0.1, 0.15) is 0 Å². The van der Waals surface area contributed by atoms with E-state index in [-0.39, 0.29) is 5.28 Å². The number of pyridine rings is 1. The average Bonchev–Trinajstić information content (AvgIpc) is 2.39. The molecule has 3 aromatic rings. The van der Waals surface area contributed by atoms with Crippen molar-refractivity contribution in [1.82, 2.24) is 15.0 Å². The topological polar surface area (TPSA) is 38.7 Å². The molecule has 4 heteroatoms. The average molecular weight is 241 g/mol. The Bertz CT molecular complexity index is 665. The molecule has 2 aromatic heterocycles. The second-order valence-electron chi connectivity index (χ2n) is 3.58. The summed E-state index contributed by atoms with van der Waals surface area (Å²) < 4.78 is 0. The number of hydrogen-bond acceptors (Lipinski definition) is 3. The number of rotatable bonds is 1. The van der Waals surface area contributed by atoms with Crippen LogP contribution in [0.25, 0.3) is 22.0 Å². The van der Waals surface area contributed by atoms with E-state index in [4.69, 9.17) is 11.6 Å². The maximum Gasteiger partial charge on any atom is 0.222 e. The van der Waals surface area contributed by atoms with Crippen molar-refractivity contribution >= 4 is 22.5 Å². The summed E-state index contributed by atoms with van der Waals surface area (Å²) in [5.74, 6) is 0. The largest absolute Gasteiger partial charge is 0.256 e. The molecule has 0 bridgehead atoms. The molecule has 0 aliphatic rings. The number of benzene rings is 1. The summed E-state index contributed by atoms with van der Waals surface area (Å²) >= 11 is 5.63. The van der Waals surface area contributed by atoms with Gasteiger partial charge in [0, 0.05) is 28.9 Å². The molecule has 0 spiro atoms. The standard InChI is InChI=1S/C13H7ClN3/c14-13-16-7-11(8-17-13)10-5-9-3-1-2-4-12(9)15-6-10/h1-7H. The van der Waals surface area contributed by atoms with Crippen molar-refractivity contribution < 1.29 is 0 Å². The Kier molecular flexibility index (Phi) is 2.46. The molecule has 2 heterocycles. The SMILES string of the molecule is Clc1n[c]c(-c2cnc3ccccc3c2)cn1. The van der Waals surface area contributed by atoms with Crippen molar-refractivity contribution in [3.05, 3.63) is 54.2 Å². The summed E-state index contributed by atoms with van der Waals surface area (Å²) in [5.41, 5.74) is 2.68. The summed E-state index contributed by atoms with van der Waals surface area (Å²) in [5, 5.41) is 1.27. The van der Waals surface area contributed by atoms with E-state index in [1.807, 2.05) is 30.3 Å². The molecule has 0 fully saturated rings. The van der Waals surface area contributed by atoms with Crippen molar-refractivity contribution in [1.29, 1.82) is 0 Å². The highest BCUT2D eigenvalue weighted by molar-refractivity contribution is 6.28. The van der Waals surface area contributed by atoms with Crippen LogP contribution < -0.4 is 0 Å². The summed E-state index contributed by atoms with van der Waals surface area (Å²) in [6.07, 6.45) is 6.26. The first-order valence-electron chi connectivity index (χ1n) is 5.08. The lowest BCUT2D eigenvalue weighted by Gasteiger charge is -2.01. The molecule has 0 N–H and O–H groups in total. The van der Waals surface area contributed by atoms with Crippen LogP contribution in [0.3, 0.4) is 0 Å². The Hall–Kier alpha value is -2.00. The first kappa shape index (κ1) is 10.2. The van der Waals surface area contributed by atoms with Gasteiger partial charge in [0.05, 0.1) is 5.52 Å². The smallest absolute Gasteiger partial charge is 0.222 e. The van der Waals surface area contributed by atoms with Gasteiger partial charge in [-0.25, -0.2) is 9.97 Å². The molecular weight excluding hydrogens is 234 g/mol. The van der Waals surface area contributed by atoms with Crippen molar-refractivity contribution in [2.24, 2.45) is 0 Å². The van der Waals surface area contributed by atoms with Crippen LogP contribution in [0.15, 0.2) is 42.7 Å². The monoisotopic (exact) mass is 240 g/mol. The van der Waals surface area contributed by atoms with Gasteiger partial charge in [-0.3, -0.25) is 4.98 Å². The molecule has 3 rings (SSSR count). The molecule has 0 atom stereocenters. The van der Waals surface area contributed by atoms with Crippen LogP contribution in [-0.4, -0.2) is 15.0 Å². The van der Waals surface area contributed by atoms with E-state index in [0.29, 0.717) is 0 Å². The van der Waals surface area contributed by atoms with E-state index in [1.54, 1.807) is 12.4 Å². The van der Waals surface area contributed by atoms with Crippen molar-refractivity contribution in [2.45, 2.75) is 0 Å². The molecular formula is C13H7ClN3. The molecule has 0 aliphatic heterocycles.